The fraction of sp³-hybridized carbons (Fsp3) is 0.188. The number of methoxy groups -OCH3 is 1. The van der Waals surface area contributed by atoms with Crippen molar-refractivity contribution >= 4 is 17.3 Å². The summed E-state index contributed by atoms with van der Waals surface area (Å²) in [5, 5.41) is 6.08. The van der Waals surface area contributed by atoms with Crippen LogP contribution in [0.1, 0.15) is 12.5 Å². The van der Waals surface area contributed by atoms with Crippen molar-refractivity contribution in [2.75, 3.05) is 17.7 Å². The first-order valence-electron chi connectivity index (χ1n) is 6.42. The summed E-state index contributed by atoms with van der Waals surface area (Å²) >= 11 is 0. The molecule has 0 fully saturated rings. The Hall–Kier alpha value is -2.49. The highest BCUT2D eigenvalue weighted by Crippen LogP contribution is 2.28. The molecule has 0 bridgehead atoms. The summed E-state index contributed by atoms with van der Waals surface area (Å²) < 4.78 is 5.32. The van der Waals surface area contributed by atoms with E-state index in [1.54, 1.807) is 7.11 Å². The SMILES string of the molecule is COc1ccc(NC(C)=O)cc1NCc1ccccc1. The van der Waals surface area contributed by atoms with Crippen LogP contribution in [0.5, 0.6) is 5.75 Å². The van der Waals surface area contributed by atoms with E-state index in [4.69, 9.17) is 4.74 Å². The maximum absolute atomic E-state index is 11.1. The number of carbonyl (C=O) groups is 1. The summed E-state index contributed by atoms with van der Waals surface area (Å²) in [4.78, 5) is 11.1. The van der Waals surface area contributed by atoms with Crippen LogP contribution in [-0.2, 0) is 11.3 Å². The Bertz CT molecular complexity index is 582. The van der Waals surface area contributed by atoms with Crippen LogP contribution in [0.2, 0.25) is 0 Å². The quantitative estimate of drug-likeness (QED) is 0.876. The van der Waals surface area contributed by atoms with E-state index in [1.807, 2.05) is 36.4 Å². The number of hydrogen-bond donors (Lipinski definition) is 2. The summed E-state index contributed by atoms with van der Waals surface area (Å²) in [5.41, 5.74) is 2.77. The van der Waals surface area contributed by atoms with Gasteiger partial charge >= 0.3 is 0 Å². The van der Waals surface area contributed by atoms with Crippen molar-refractivity contribution in [3.63, 3.8) is 0 Å². The van der Waals surface area contributed by atoms with E-state index < -0.39 is 0 Å². The normalized spacial score (nSPS) is 9.90. The van der Waals surface area contributed by atoms with Crippen molar-refractivity contribution in [3.8, 4) is 5.75 Å². The molecule has 0 aliphatic heterocycles. The first-order chi connectivity index (χ1) is 9.69. The standard InChI is InChI=1S/C16H18N2O2/c1-12(19)18-14-8-9-16(20-2)15(10-14)17-11-13-6-4-3-5-7-13/h3-10,17H,11H2,1-2H3,(H,18,19). The lowest BCUT2D eigenvalue weighted by atomic mass is 10.2. The summed E-state index contributed by atoms with van der Waals surface area (Å²) in [6, 6.07) is 15.6. The van der Waals surface area contributed by atoms with E-state index >= 15 is 0 Å². The number of benzene rings is 2. The van der Waals surface area contributed by atoms with E-state index in [0.717, 1.165) is 17.1 Å². The fourth-order valence-corrected chi connectivity index (χ4v) is 1.92. The van der Waals surface area contributed by atoms with Gasteiger partial charge in [0.05, 0.1) is 12.8 Å². The second kappa shape index (κ2) is 6.61. The monoisotopic (exact) mass is 270 g/mol. The number of carbonyl (C=O) groups excluding carboxylic acids is 1. The molecule has 2 aromatic carbocycles. The van der Waals surface area contributed by atoms with Gasteiger partial charge in [-0.3, -0.25) is 4.79 Å². The van der Waals surface area contributed by atoms with Gasteiger partial charge in [-0.2, -0.15) is 0 Å². The predicted molar refractivity (Wildman–Crippen MR) is 81.1 cm³/mol. The molecule has 0 aliphatic carbocycles. The number of ether oxygens (including phenoxy) is 1. The van der Waals surface area contributed by atoms with Crippen molar-refractivity contribution in [2.45, 2.75) is 13.5 Å². The van der Waals surface area contributed by atoms with Gasteiger partial charge < -0.3 is 15.4 Å². The molecule has 0 aromatic heterocycles. The zero-order valence-corrected chi connectivity index (χ0v) is 11.6. The Balaban J connectivity index is 2.13. The summed E-state index contributed by atoms with van der Waals surface area (Å²) in [6.45, 7) is 2.18. The predicted octanol–water partition coefficient (Wildman–Crippen LogP) is 3.27. The third-order valence-corrected chi connectivity index (χ3v) is 2.85. The smallest absolute Gasteiger partial charge is 0.221 e. The second-order valence-corrected chi connectivity index (χ2v) is 4.44. The van der Waals surface area contributed by atoms with Gasteiger partial charge in [0.2, 0.25) is 5.91 Å². The van der Waals surface area contributed by atoms with Crippen LogP contribution in [0.25, 0.3) is 0 Å². The van der Waals surface area contributed by atoms with E-state index in [2.05, 4.69) is 22.8 Å². The molecule has 0 spiro atoms. The Morgan fingerprint density at radius 1 is 1.15 bits per heavy atom. The minimum atomic E-state index is -0.0934. The lowest BCUT2D eigenvalue weighted by Gasteiger charge is -2.13. The molecular formula is C16H18N2O2. The zero-order valence-electron chi connectivity index (χ0n) is 11.6. The molecule has 104 valence electrons. The largest absolute Gasteiger partial charge is 0.495 e. The van der Waals surface area contributed by atoms with Crippen LogP contribution in [0, 0.1) is 0 Å². The summed E-state index contributed by atoms with van der Waals surface area (Å²) in [5.74, 6) is 0.652. The molecule has 2 aromatic rings. The average Bonchev–Trinajstić information content (AvgIpc) is 2.46. The molecule has 0 saturated carbocycles. The Kier molecular flexibility index (Phi) is 4.60. The Labute approximate surface area is 118 Å². The molecule has 2 N–H and O–H groups in total. The average molecular weight is 270 g/mol. The van der Waals surface area contributed by atoms with Crippen molar-refractivity contribution in [3.05, 3.63) is 54.1 Å². The maximum Gasteiger partial charge on any atom is 0.221 e. The van der Waals surface area contributed by atoms with Crippen molar-refractivity contribution in [1.29, 1.82) is 0 Å². The summed E-state index contributed by atoms with van der Waals surface area (Å²) in [7, 11) is 1.63. The highest BCUT2D eigenvalue weighted by atomic mass is 16.5. The maximum atomic E-state index is 11.1. The van der Waals surface area contributed by atoms with Gasteiger partial charge in [0.1, 0.15) is 5.75 Å². The molecule has 4 heteroatoms. The molecule has 0 unspecified atom stereocenters. The van der Waals surface area contributed by atoms with Gasteiger partial charge in [0.15, 0.2) is 0 Å². The molecule has 20 heavy (non-hydrogen) atoms. The van der Waals surface area contributed by atoms with Crippen LogP contribution >= 0.6 is 0 Å². The van der Waals surface area contributed by atoms with Crippen LogP contribution in [0.15, 0.2) is 48.5 Å². The van der Waals surface area contributed by atoms with Gasteiger partial charge in [-0.05, 0) is 23.8 Å². The van der Waals surface area contributed by atoms with E-state index in [1.165, 1.54) is 12.5 Å². The van der Waals surface area contributed by atoms with Gasteiger partial charge in [0.25, 0.3) is 0 Å². The number of hydrogen-bond acceptors (Lipinski definition) is 3. The van der Waals surface area contributed by atoms with Gasteiger partial charge in [-0.25, -0.2) is 0 Å². The first-order valence-corrected chi connectivity index (χ1v) is 6.42. The van der Waals surface area contributed by atoms with E-state index in [0.29, 0.717) is 6.54 Å². The lowest BCUT2D eigenvalue weighted by Crippen LogP contribution is -2.07. The molecular weight excluding hydrogens is 252 g/mol. The molecule has 2 rings (SSSR count). The van der Waals surface area contributed by atoms with E-state index in [-0.39, 0.29) is 5.91 Å². The first kappa shape index (κ1) is 13.9. The van der Waals surface area contributed by atoms with Gasteiger partial charge in [0, 0.05) is 19.2 Å². The van der Waals surface area contributed by atoms with Crippen LogP contribution in [-0.4, -0.2) is 13.0 Å². The minimum Gasteiger partial charge on any atom is -0.495 e. The molecule has 0 atom stereocenters. The zero-order chi connectivity index (χ0) is 14.4. The molecule has 1 amide bonds. The molecule has 0 radical (unpaired) electrons. The van der Waals surface area contributed by atoms with Crippen LogP contribution in [0.3, 0.4) is 0 Å². The van der Waals surface area contributed by atoms with Crippen LogP contribution < -0.4 is 15.4 Å². The number of nitrogens with one attached hydrogen (secondary N) is 2. The molecule has 0 heterocycles. The number of rotatable bonds is 5. The fourth-order valence-electron chi connectivity index (χ4n) is 1.92. The third kappa shape index (κ3) is 3.75. The van der Waals surface area contributed by atoms with Crippen molar-refractivity contribution in [2.24, 2.45) is 0 Å². The molecule has 0 aliphatic rings. The van der Waals surface area contributed by atoms with Crippen LogP contribution in [0.4, 0.5) is 11.4 Å². The lowest BCUT2D eigenvalue weighted by molar-refractivity contribution is -0.114. The summed E-state index contributed by atoms with van der Waals surface area (Å²) in [6.07, 6.45) is 0. The number of amides is 1. The topological polar surface area (TPSA) is 50.4 Å². The second-order valence-electron chi connectivity index (χ2n) is 4.44. The number of anilines is 2. The van der Waals surface area contributed by atoms with Gasteiger partial charge in [-0.15, -0.1) is 0 Å². The highest BCUT2D eigenvalue weighted by molar-refractivity contribution is 5.89. The van der Waals surface area contributed by atoms with E-state index in [9.17, 15) is 4.79 Å². The minimum absolute atomic E-state index is 0.0934. The Morgan fingerprint density at radius 3 is 2.55 bits per heavy atom. The third-order valence-electron chi connectivity index (χ3n) is 2.85. The van der Waals surface area contributed by atoms with Crippen molar-refractivity contribution in [1.82, 2.24) is 0 Å². The molecule has 4 nitrogen and oxygen atoms in total. The highest BCUT2D eigenvalue weighted by Gasteiger charge is 2.05. The Morgan fingerprint density at radius 2 is 1.90 bits per heavy atom. The molecule has 0 saturated heterocycles. The van der Waals surface area contributed by atoms with Gasteiger partial charge in [-0.1, -0.05) is 30.3 Å². The van der Waals surface area contributed by atoms with Crippen molar-refractivity contribution < 1.29 is 9.53 Å².